The number of likely N-dealkylation sites (N-methyl/N-ethyl adjacent to an activating group) is 1. The lowest BCUT2D eigenvalue weighted by molar-refractivity contribution is 0.152. The van der Waals surface area contributed by atoms with Gasteiger partial charge in [-0.1, -0.05) is 0 Å². The highest BCUT2D eigenvalue weighted by atomic mass is 32.2. The van der Waals surface area contributed by atoms with Gasteiger partial charge in [-0.05, 0) is 49.1 Å². The highest BCUT2D eigenvalue weighted by molar-refractivity contribution is 7.99. The number of aromatic nitrogens is 4. The molecule has 33 heavy (non-hydrogen) atoms. The Morgan fingerprint density at radius 1 is 1.18 bits per heavy atom. The molecule has 0 atom stereocenters. The zero-order chi connectivity index (χ0) is 23.1. The van der Waals surface area contributed by atoms with Crippen molar-refractivity contribution in [2.45, 2.75) is 38.3 Å². The van der Waals surface area contributed by atoms with Gasteiger partial charge in [0.15, 0.2) is 5.82 Å². The summed E-state index contributed by atoms with van der Waals surface area (Å²) in [7, 11) is 3.73. The first kappa shape index (κ1) is 22.3. The molecule has 6 nitrogen and oxygen atoms in total. The first-order valence-corrected chi connectivity index (χ1v) is 12.3. The SMILES string of the molecule is CN1CCc2c(c(Nc3cc(C(F)F)c(-c4cnn(C)c4)cc3F)nn2C2CCSCC2)C1. The lowest BCUT2D eigenvalue weighted by Crippen LogP contribution is -2.29. The number of rotatable bonds is 5. The van der Waals surface area contributed by atoms with Crippen molar-refractivity contribution >= 4 is 23.3 Å². The molecule has 1 fully saturated rings. The fourth-order valence-corrected chi connectivity index (χ4v) is 5.80. The van der Waals surface area contributed by atoms with Crippen molar-refractivity contribution in [2.75, 3.05) is 30.4 Å². The Kier molecular flexibility index (Phi) is 6.13. The van der Waals surface area contributed by atoms with E-state index in [1.165, 1.54) is 22.6 Å². The summed E-state index contributed by atoms with van der Waals surface area (Å²) in [6.45, 7) is 1.62. The van der Waals surface area contributed by atoms with Gasteiger partial charge in [0.2, 0.25) is 0 Å². The van der Waals surface area contributed by atoms with Crippen molar-refractivity contribution in [3.05, 3.63) is 47.2 Å². The van der Waals surface area contributed by atoms with Crippen LogP contribution in [-0.2, 0) is 20.0 Å². The summed E-state index contributed by atoms with van der Waals surface area (Å²) < 4.78 is 46.7. The Morgan fingerprint density at radius 3 is 2.67 bits per heavy atom. The van der Waals surface area contributed by atoms with Crippen LogP contribution >= 0.6 is 11.8 Å². The summed E-state index contributed by atoms with van der Waals surface area (Å²) in [5.74, 6) is 2.16. The van der Waals surface area contributed by atoms with Crippen molar-refractivity contribution in [3.8, 4) is 11.1 Å². The molecule has 0 aliphatic carbocycles. The first-order valence-electron chi connectivity index (χ1n) is 11.1. The lowest BCUT2D eigenvalue weighted by Gasteiger charge is -2.27. The van der Waals surface area contributed by atoms with Gasteiger partial charge in [-0.3, -0.25) is 9.36 Å². The largest absolute Gasteiger partial charge is 0.336 e. The van der Waals surface area contributed by atoms with Crippen molar-refractivity contribution in [3.63, 3.8) is 0 Å². The molecule has 5 rings (SSSR count). The minimum Gasteiger partial charge on any atom is -0.336 e. The van der Waals surface area contributed by atoms with E-state index in [-0.39, 0.29) is 16.8 Å². The fourth-order valence-electron chi connectivity index (χ4n) is 4.72. The van der Waals surface area contributed by atoms with Crippen LogP contribution in [0.5, 0.6) is 0 Å². The standard InChI is InChI=1S/C23H27F3N6S/c1-30-6-3-21-18(13-30)23(29-32(21)15-4-7-33-8-5-15)28-20-10-17(22(25)26)16(9-19(20)24)14-11-27-31(2)12-14/h9-12,15,22H,3-8,13H2,1-2H3,(H,28,29). The van der Waals surface area contributed by atoms with E-state index in [1.54, 1.807) is 13.2 Å². The number of hydrogen-bond acceptors (Lipinski definition) is 5. The van der Waals surface area contributed by atoms with Gasteiger partial charge in [0.05, 0.1) is 17.9 Å². The highest BCUT2D eigenvalue weighted by Gasteiger charge is 2.28. The average molecular weight is 477 g/mol. The maximum absolute atomic E-state index is 15.2. The Morgan fingerprint density at radius 2 is 1.97 bits per heavy atom. The predicted octanol–water partition coefficient (Wildman–Crippen LogP) is 5.16. The molecule has 2 aliphatic rings. The average Bonchev–Trinajstić information content (AvgIpc) is 3.39. The van der Waals surface area contributed by atoms with Crippen molar-refractivity contribution < 1.29 is 13.2 Å². The molecule has 4 heterocycles. The second-order valence-corrected chi connectivity index (χ2v) is 10.0. The minimum atomic E-state index is -2.75. The van der Waals surface area contributed by atoms with Gasteiger partial charge < -0.3 is 10.2 Å². The van der Waals surface area contributed by atoms with Crippen LogP contribution in [0.3, 0.4) is 0 Å². The zero-order valence-corrected chi connectivity index (χ0v) is 19.5. The maximum Gasteiger partial charge on any atom is 0.264 e. The molecular weight excluding hydrogens is 449 g/mol. The monoisotopic (exact) mass is 476 g/mol. The molecule has 2 aliphatic heterocycles. The normalized spacial score (nSPS) is 17.5. The van der Waals surface area contributed by atoms with Crippen molar-refractivity contribution in [1.82, 2.24) is 24.5 Å². The van der Waals surface area contributed by atoms with E-state index in [4.69, 9.17) is 5.10 Å². The van der Waals surface area contributed by atoms with Crippen molar-refractivity contribution in [2.24, 2.45) is 7.05 Å². The van der Waals surface area contributed by atoms with Crippen LogP contribution in [0.4, 0.5) is 24.7 Å². The Balaban J connectivity index is 1.53. The van der Waals surface area contributed by atoms with Gasteiger partial charge in [0.1, 0.15) is 5.82 Å². The summed E-state index contributed by atoms with van der Waals surface area (Å²) in [5.41, 5.74) is 2.58. The van der Waals surface area contributed by atoms with Crippen LogP contribution < -0.4 is 5.32 Å². The molecule has 0 amide bonds. The number of anilines is 2. The first-order chi connectivity index (χ1) is 15.9. The quantitative estimate of drug-likeness (QED) is 0.551. The molecule has 0 unspecified atom stereocenters. The van der Waals surface area contributed by atoms with Crippen LogP contribution in [0.2, 0.25) is 0 Å². The van der Waals surface area contributed by atoms with Crippen LogP contribution in [0.15, 0.2) is 24.5 Å². The Bertz CT molecular complexity index is 1150. The number of alkyl halides is 2. The van der Waals surface area contributed by atoms with E-state index in [1.807, 2.05) is 18.8 Å². The van der Waals surface area contributed by atoms with Gasteiger partial charge in [0.25, 0.3) is 6.43 Å². The molecule has 10 heteroatoms. The van der Waals surface area contributed by atoms with E-state index in [9.17, 15) is 8.78 Å². The number of nitrogens with zero attached hydrogens (tertiary/aromatic N) is 5. The molecule has 1 aromatic carbocycles. The third-order valence-corrected chi connectivity index (χ3v) is 7.51. The molecule has 1 N–H and O–H groups in total. The van der Waals surface area contributed by atoms with E-state index in [0.717, 1.165) is 48.9 Å². The molecule has 0 radical (unpaired) electrons. The number of nitrogens with one attached hydrogen (secondary N) is 1. The lowest BCUT2D eigenvalue weighted by atomic mass is 10.0. The number of benzene rings is 1. The zero-order valence-electron chi connectivity index (χ0n) is 18.7. The van der Waals surface area contributed by atoms with Gasteiger partial charge in [-0.15, -0.1) is 0 Å². The number of fused-ring (bicyclic) bond motifs is 1. The number of aryl methyl sites for hydroxylation is 1. The van der Waals surface area contributed by atoms with Gasteiger partial charge in [-0.2, -0.15) is 22.0 Å². The molecule has 176 valence electrons. The van der Waals surface area contributed by atoms with Crippen LogP contribution in [0, 0.1) is 5.82 Å². The third-order valence-electron chi connectivity index (χ3n) is 6.46. The highest BCUT2D eigenvalue weighted by Crippen LogP contribution is 2.38. The molecule has 0 saturated carbocycles. The molecule has 0 bridgehead atoms. The summed E-state index contributed by atoms with van der Waals surface area (Å²) in [6, 6.07) is 2.69. The summed E-state index contributed by atoms with van der Waals surface area (Å²) in [6.07, 6.45) is 3.29. The minimum absolute atomic E-state index is 0.0119. The third kappa shape index (κ3) is 4.38. The van der Waals surface area contributed by atoms with Crippen LogP contribution in [0.25, 0.3) is 11.1 Å². The summed E-state index contributed by atoms with van der Waals surface area (Å²) in [5, 5.41) is 11.9. The Hall–Kier alpha value is -2.46. The molecule has 1 saturated heterocycles. The van der Waals surface area contributed by atoms with Gasteiger partial charge >= 0.3 is 0 Å². The van der Waals surface area contributed by atoms with Gasteiger partial charge in [-0.25, -0.2) is 13.2 Å². The summed E-state index contributed by atoms with van der Waals surface area (Å²) >= 11 is 1.96. The molecule has 3 aromatic rings. The predicted molar refractivity (Wildman–Crippen MR) is 125 cm³/mol. The second kappa shape index (κ2) is 9.06. The van der Waals surface area contributed by atoms with Crippen LogP contribution in [-0.4, -0.2) is 49.6 Å². The van der Waals surface area contributed by atoms with E-state index < -0.39 is 12.2 Å². The summed E-state index contributed by atoms with van der Waals surface area (Å²) in [4.78, 5) is 2.20. The fraction of sp³-hybridized carbons (Fsp3) is 0.478. The number of thioether (sulfide) groups is 1. The second-order valence-electron chi connectivity index (χ2n) is 8.80. The smallest absolute Gasteiger partial charge is 0.264 e. The van der Waals surface area contributed by atoms with E-state index in [2.05, 4.69) is 20.0 Å². The molecular formula is C23H27F3N6S. The number of hydrogen-bond donors (Lipinski definition) is 1. The maximum atomic E-state index is 15.2. The molecule has 0 spiro atoms. The van der Waals surface area contributed by atoms with Gasteiger partial charge in [0, 0.05) is 55.1 Å². The van der Waals surface area contributed by atoms with Crippen molar-refractivity contribution in [1.29, 1.82) is 0 Å². The Labute approximate surface area is 195 Å². The number of halogens is 3. The van der Waals surface area contributed by atoms with E-state index in [0.29, 0.717) is 24.0 Å². The topological polar surface area (TPSA) is 50.9 Å². The molecule has 2 aromatic heterocycles. The van der Waals surface area contributed by atoms with Crippen LogP contribution in [0.1, 0.15) is 42.1 Å². The van der Waals surface area contributed by atoms with E-state index >= 15 is 4.39 Å².